The van der Waals surface area contributed by atoms with Crippen molar-refractivity contribution in [2.24, 2.45) is 0 Å². The highest BCUT2D eigenvalue weighted by Gasteiger charge is 2.31. The van der Waals surface area contributed by atoms with Crippen LogP contribution in [0.3, 0.4) is 0 Å². The van der Waals surface area contributed by atoms with Crippen LogP contribution in [0.4, 0.5) is 5.69 Å². The molecule has 5 aromatic carbocycles. The van der Waals surface area contributed by atoms with Gasteiger partial charge in [-0.1, -0.05) is 146 Å². The number of hydrogen-bond donors (Lipinski definition) is 1. The quantitative estimate of drug-likeness (QED) is 0.162. The molecular weight excluding hydrogens is 559 g/mol. The summed E-state index contributed by atoms with van der Waals surface area (Å²) < 4.78 is 1.96. The molecule has 0 atom stereocenters. The summed E-state index contributed by atoms with van der Waals surface area (Å²) in [6, 6.07) is 56.2. The molecule has 0 radical (unpaired) electrons. The van der Waals surface area contributed by atoms with Crippen LogP contribution in [0.15, 0.2) is 170 Å². The third-order valence-electron chi connectivity index (χ3n) is 8.75. The lowest BCUT2D eigenvalue weighted by molar-refractivity contribution is -0.698. The van der Waals surface area contributed by atoms with Crippen LogP contribution in [0, 0.1) is 0 Å². The van der Waals surface area contributed by atoms with Crippen LogP contribution < -0.4 is 31.3 Å². The van der Waals surface area contributed by atoms with E-state index in [1.165, 1.54) is 33.1 Å². The summed E-state index contributed by atoms with van der Waals surface area (Å²) in [4.78, 5) is 2.21. The third kappa shape index (κ3) is 7.72. The fourth-order valence-electron chi connectivity index (χ4n) is 6.18. The average Bonchev–Trinajstić information content (AvgIpc) is 3.14. The van der Waals surface area contributed by atoms with E-state index in [1.807, 2.05) is 29.1 Å². The summed E-state index contributed by atoms with van der Waals surface area (Å²) >= 11 is 0. The lowest BCUT2D eigenvalue weighted by atomic mass is 9.13. The monoisotopic (exact) mass is 602 g/mol. The number of aliphatic hydroxyl groups is 1. The summed E-state index contributed by atoms with van der Waals surface area (Å²) in [7, 11) is 2.09. The molecule has 6 aromatic rings. The van der Waals surface area contributed by atoms with Gasteiger partial charge in [-0.05, 0) is 30.2 Å². The van der Waals surface area contributed by atoms with Crippen molar-refractivity contribution in [3.63, 3.8) is 0 Å². The Labute approximate surface area is 274 Å². The van der Waals surface area contributed by atoms with Crippen LogP contribution in [-0.4, -0.2) is 31.5 Å². The number of aromatic nitrogens is 1. The molecule has 0 aliphatic heterocycles. The molecule has 1 aromatic heterocycles. The zero-order chi connectivity index (χ0) is 32.0. The van der Waals surface area contributed by atoms with Gasteiger partial charge in [-0.3, -0.25) is 0 Å². The topological polar surface area (TPSA) is 27.4 Å². The zero-order valence-electron chi connectivity index (χ0n) is 26.9. The van der Waals surface area contributed by atoms with E-state index in [2.05, 4.69) is 177 Å². The molecule has 0 fully saturated rings. The Balaban J connectivity index is 0.000000184. The van der Waals surface area contributed by atoms with Crippen LogP contribution >= 0.6 is 0 Å². The van der Waals surface area contributed by atoms with Crippen molar-refractivity contribution < 1.29 is 9.67 Å². The molecule has 0 unspecified atom stereocenters. The van der Waals surface area contributed by atoms with Crippen molar-refractivity contribution in [3.05, 3.63) is 181 Å². The number of rotatable bonds is 10. The standard InChI is InChI=1S/C24H20B.C18H23N2O/c1-5-13-21(14-6-1)25(22-15-7-2-8-16-22,23-17-9-3-10-18-23)24-19-11-4-12-20-24;1-3-19(2)18-8-6-16(7-9-18)4-5-17-10-12-20(13-11-17)14-15-21/h1-20H;4-13,21H,3,14-15H2,1-2H3/q-1;+1. The second-order valence-electron chi connectivity index (χ2n) is 11.5. The highest BCUT2D eigenvalue weighted by molar-refractivity contribution is 7.19. The second-order valence-corrected chi connectivity index (χ2v) is 11.5. The normalized spacial score (nSPS) is 11.1. The van der Waals surface area contributed by atoms with E-state index in [0.29, 0.717) is 6.54 Å². The van der Waals surface area contributed by atoms with Crippen molar-refractivity contribution in [3.8, 4) is 0 Å². The number of nitrogens with zero attached hydrogens (tertiary/aromatic N) is 2. The van der Waals surface area contributed by atoms with Gasteiger partial charge in [0, 0.05) is 31.4 Å². The lowest BCUT2D eigenvalue weighted by Gasteiger charge is -2.44. The van der Waals surface area contributed by atoms with Gasteiger partial charge in [-0.15, -0.1) is 0 Å². The first kappa shape index (κ1) is 32.2. The first-order chi connectivity index (χ1) is 22.6. The van der Waals surface area contributed by atoms with Gasteiger partial charge in [0.15, 0.2) is 18.9 Å². The molecule has 6 rings (SSSR count). The number of anilines is 1. The Morgan fingerprint density at radius 3 is 1.26 bits per heavy atom. The summed E-state index contributed by atoms with van der Waals surface area (Å²) in [5.74, 6) is 0. The van der Waals surface area contributed by atoms with Gasteiger partial charge in [0.1, 0.15) is 12.8 Å². The minimum absolute atomic E-state index is 0.165. The Bertz CT molecular complexity index is 1590. The molecule has 230 valence electrons. The van der Waals surface area contributed by atoms with Crippen LogP contribution in [0.2, 0.25) is 0 Å². The SMILES string of the molecule is CCN(C)c1ccc(/C=C/c2cc[n+](CCO)cc2)cc1.c1ccc([B-](c2ccccc2)(c2ccccc2)c2ccccc2)cc1. The average molecular weight is 603 g/mol. The van der Waals surface area contributed by atoms with E-state index in [4.69, 9.17) is 5.11 Å². The smallest absolute Gasteiger partial charge is 0.171 e. The Kier molecular flexibility index (Phi) is 11.4. The highest BCUT2D eigenvalue weighted by Crippen LogP contribution is 2.15. The third-order valence-corrected chi connectivity index (χ3v) is 8.75. The molecule has 1 N–H and O–H groups in total. The van der Waals surface area contributed by atoms with E-state index in [0.717, 1.165) is 12.1 Å². The molecule has 0 bridgehead atoms. The lowest BCUT2D eigenvalue weighted by Crippen LogP contribution is -2.74. The minimum atomic E-state index is -1.22. The Morgan fingerprint density at radius 2 is 0.913 bits per heavy atom. The highest BCUT2D eigenvalue weighted by atomic mass is 16.3. The maximum Gasteiger partial charge on any atom is 0.171 e. The zero-order valence-corrected chi connectivity index (χ0v) is 26.9. The summed E-state index contributed by atoms with van der Waals surface area (Å²) in [5.41, 5.74) is 8.93. The van der Waals surface area contributed by atoms with Gasteiger partial charge in [0.25, 0.3) is 0 Å². The molecule has 0 saturated carbocycles. The number of hydrogen-bond acceptors (Lipinski definition) is 2. The van der Waals surface area contributed by atoms with Crippen LogP contribution in [0.1, 0.15) is 18.1 Å². The maximum atomic E-state index is 8.88. The molecule has 0 saturated heterocycles. The first-order valence-electron chi connectivity index (χ1n) is 16.1. The molecule has 3 nitrogen and oxygen atoms in total. The van der Waals surface area contributed by atoms with Gasteiger partial charge < -0.3 is 10.0 Å². The van der Waals surface area contributed by atoms with Gasteiger partial charge in [-0.2, -0.15) is 21.9 Å². The van der Waals surface area contributed by atoms with E-state index in [1.54, 1.807) is 0 Å². The second kappa shape index (κ2) is 16.2. The largest absolute Gasteiger partial charge is 0.390 e. The summed E-state index contributed by atoms with van der Waals surface area (Å²) in [6.07, 6.45) is 6.96. The van der Waals surface area contributed by atoms with Crippen LogP contribution in [-0.2, 0) is 6.54 Å². The predicted octanol–water partition coefficient (Wildman–Crippen LogP) is 5.66. The molecule has 1 heterocycles. The summed E-state index contributed by atoms with van der Waals surface area (Å²) in [5, 5.41) is 8.88. The molecular formula is C42H43BN2O. The molecule has 0 aliphatic carbocycles. The van der Waals surface area contributed by atoms with E-state index in [-0.39, 0.29) is 6.61 Å². The molecule has 0 amide bonds. The van der Waals surface area contributed by atoms with Crippen LogP contribution in [0.25, 0.3) is 12.2 Å². The molecule has 46 heavy (non-hydrogen) atoms. The van der Waals surface area contributed by atoms with E-state index in [9.17, 15) is 0 Å². The van der Waals surface area contributed by atoms with Gasteiger partial charge in [-0.25, -0.2) is 4.57 Å². The minimum Gasteiger partial charge on any atom is -0.390 e. The van der Waals surface area contributed by atoms with Crippen molar-refractivity contribution >= 4 is 45.8 Å². The number of benzene rings is 5. The molecule has 4 heteroatoms. The fraction of sp³-hybridized carbons (Fsp3) is 0.119. The van der Waals surface area contributed by atoms with Gasteiger partial charge >= 0.3 is 0 Å². The Hall–Kier alpha value is -5.19. The van der Waals surface area contributed by atoms with E-state index < -0.39 is 6.15 Å². The van der Waals surface area contributed by atoms with E-state index >= 15 is 0 Å². The number of pyridine rings is 1. The van der Waals surface area contributed by atoms with Crippen molar-refractivity contribution in [2.75, 3.05) is 25.1 Å². The summed E-state index contributed by atoms with van der Waals surface area (Å²) in [6.45, 7) is 3.95. The van der Waals surface area contributed by atoms with Gasteiger partial charge in [0.2, 0.25) is 0 Å². The maximum absolute atomic E-state index is 8.88. The molecule has 0 spiro atoms. The van der Waals surface area contributed by atoms with Crippen molar-refractivity contribution in [1.29, 1.82) is 0 Å². The first-order valence-corrected chi connectivity index (χ1v) is 16.1. The Morgan fingerprint density at radius 1 is 0.543 bits per heavy atom. The van der Waals surface area contributed by atoms with Gasteiger partial charge in [0.05, 0.1) is 0 Å². The fourth-order valence-corrected chi connectivity index (χ4v) is 6.18. The van der Waals surface area contributed by atoms with Crippen LogP contribution in [0.5, 0.6) is 0 Å². The molecule has 0 aliphatic rings. The predicted molar refractivity (Wildman–Crippen MR) is 198 cm³/mol. The van der Waals surface area contributed by atoms with Crippen molar-refractivity contribution in [1.82, 2.24) is 0 Å². The van der Waals surface area contributed by atoms with Crippen molar-refractivity contribution in [2.45, 2.75) is 13.5 Å². The number of aliphatic hydroxyl groups excluding tert-OH is 1.